The van der Waals surface area contributed by atoms with Crippen LogP contribution in [0.25, 0.3) is 0 Å². The fraction of sp³-hybridized carbons (Fsp3) is 0.625. The van der Waals surface area contributed by atoms with Crippen LogP contribution >= 0.6 is 12.2 Å². The van der Waals surface area contributed by atoms with Crippen LogP contribution in [0.5, 0.6) is 0 Å². The van der Waals surface area contributed by atoms with E-state index in [1.807, 2.05) is 6.08 Å². The average Bonchev–Trinajstić information content (AvgIpc) is 1.87. The summed E-state index contributed by atoms with van der Waals surface area (Å²) in [5.74, 6) is 0. The van der Waals surface area contributed by atoms with Crippen LogP contribution in [0.3, 0.4) is 0 Å². The van der Waals surface area contributed by atoms with Crippen LogP contribution in [-0.2, 0) is 0 Å². The van der Waals surface area contributed by atoms with Gasteiger partial charge in [-0.25, -0.2) is 0 Å². The molecule has 0 saturated heterocycles. The quantitative estimate of drug-likeness (QED) is 0.320. The Kier molecular flexibility index (Phi) is 8.20. The Labute approximate surface area is 82.0 Å². The van der Waals surface area contributed by atoms with Gasteiger partial charge in [-0.3, -0.25) is 0 Å². The van der Waals surface area contributed by atoms with Gasteiger partial charge in [-0.2, -0.15) is 0 Å². The first-order valence-corrected chi connectivity index (χ1v) is 5.35. The summed E-state index contributed by atoms with van der Waals surface area (Å²) in [4.78, 5) is 0. The molecule has 0 amide bonds. The molecule has 0 heterocycles. The molecule has 0 aromatic rings. The fourth-order valence-corrected chi connectivity index (χ4v) is 1.09. The third kappa shape index (κ3) is 8.62. The molecule has 0 aliphatic heterocycles. The number of rotatable bonds is 5. The molecule has 0 radical (unpaired) electrons. The first kappa shape index (κ1) is 10.6. The summed E-state index contributed by atoms with van der Waals surface area (Å²) in [6.07, 6.45) is 9.35. The Bertz CT molecular complexity index is 118. The molecule has 0 unspecified atom stereocenters. The van der Waals surface area contributed by atoms with Gasteiger partial charge in [0.15, 0.2) is 0 Å². The van der Waals surface area contributed by atoms with Gasteiger partial charge >= 0.3 is 82.2 Å². The molecular formula is C8H14STe. The van der Waals surface area contributed by atoms with E-state index in [1.54, 1.807) is 22.3 Å². The Morgan fingerprint density at radius 2 is 2.20 bits per heavy atom. The molecule has 0 bridgehead atoms. The summed E-state index contributed by atoms with van der Waals surface area (Å²) in [7, 11) is 0. The van der Waals surface area contributed by atoms with Gasteiger partial charge in [-0.05, 0) is 0 Å². The van der Waals surface area contributed by atoms with Crippen molar-refractivity contribution in [3.8, 4) is 0 Å². The third-order valence-corrected chi connectivity index (χ3v) is 1.80. The molecule has 2 heteroatoms. The summed E-state index contributed by atoms with van der Waals surface area (Å²) in [5, 5.41) is 0. The zero-order chi connectivity index (χ0) is 7.82. The number of hydrogen-bond donors (Lipinski definition) is 0. The second kappa shape index (κ2) is 7.72. The Hall–Kier alpha value is 0.620. The van der Waals surface area contributed by atoms with E-state index in [4.69, 9.17) is 12.2 Å². The molecule has 0 N–H and O–H groups in total. The van der Waals surface area contributed by atoms with Crippen LogP contribution < -0.4 is 0 Å². The normalized spacial score (nSPS) is 10.6. The standard InChI is InChI=1S/C8H14STe/c1-2-3-4-5-6-7-8(9)10/h6-7H,2-5H2,1H3,(H,9,10). The predicted molar refractivity (Wildman–Crippen MR) is 53.0 cm³/mol. The molecule has 0 fully saturated rings. The first-order chi connectivity index (χ1) is 4.77. The number of thiocarbonyl (C=S) groups is 1. The van der Waals surface area contributed by atoms with Crippen LogP contribution in [0.15, 0.2) is 12.2 Å². The van der Waals surface area contributed by atoms with Gasteiger partial charge in [-0.1, -0.05) is 0 Å². The minimum absolute atomic E-state index is 1.03. The van der Waals surface area contributed by atoms with Crippen LogP contribution in [0, 0.1) is 0 Å². The van der Waals surface area contributed by atoms with Gasteiger partial charge in [-0.15, -0.1) is 0 Å². The second-order valence-corrected chi connectivity index (χ2v) is 4.95. The zero-order valence-corrected chi connectivity index (χ0v) is 9.71. The zero-order valence-electron chi connectivity index (χ0n) is 6.34. The van der Waals surface area contributed by atoms with Gasteiger partial charge in [0.25, 0.3) is 0 Å². The Balaban J connectivity index is 3.10. The van der Waals surface area contributed by atoms with Crippen molar-refractivity contribution in [1.82, 2.24) is 0 Å². The van der Waals surface area contributed by atoms with Crippen molar-refractivity contribution in [2.24, 2.45) is 0 Å². The van der Waals surface area contributed by atoms with Gasteiger partial charge in [0.1, 0.15) is 0 Å². The van der Waals surface area contributed by atoms with Crippen molar-refractivity contribution >= 4 is 37.4 Å². The molecule has 0 saturated carbocycles. The van der Waals surface area contributed by atoms with Gasteiger partial charge in [0.05, 0.1) is 0 Å². The van der Waals surface area contributed by atoms with E-state index >= 15 is 0 Å². The van der Waals surface area contributed by atoms with Crippen LogP contribution in [0.2, 0.25) is 0 Å². The van der Waals surface area contributed by atoms with Gasteiger partial charge < -0.3 is 0 Å². The van der Waals surface area contributed by atoms with E-state index in [-0.39, 0.29) is 0 Å². The third-order valence-electron chi connectivity index (χ3n) is 1.23. The summed E-state index contributed by atoms with van der Waals surface area (Å²) in [5.41, 5.74) is 0. The SMILES string of the molecule is CCCCCC=CC(=S)[TeH]. The minimum atomic E-state index is 1.03. The van der Waals surface area contributed by atoms with Crippen LogP contribution in [0.1, 0.15) is 32.6 Å². The van der Waals surface area contributed by atoms with E-state index in [2.05, 4.69) is 13.0 Å². The summed E-state index contributed by atoms with van der Waals surface area (Å²) in [6, 6.07) is 0. The van der Waals surface area contributed by atoms with Crippen molar-refractivity contribution in [2.75, 3.05) is 0 Å². The van der Waals surface area contributed by atoms with Crippen LogP contribution in [-0.4, -0.2) is 25.2 Å². The average molecular weight is 270 g/mol. The molecule has 0 aromatic heterocycles. The Morgan fingerprint density at radius 1 is 1.50 bits per heavy atom. The van der Waals surface area contributed by atoms with Crippen molar-refractivity contribution in [1.29, 1.82) is 0 Å². The maximum atomic E-state index is 4.91. The van der Waals surface area contributed by atoms with Crippen molar-refractivity contribution in [3.63, 3.8) is 0 Å². The molecule has 0 aromatic carbocycles. The van der Waals surface area contributed by atoms with Crippen molar-refractivity contribution in [3.05, 3.63) is 12.2 Å². The summed E-state index contributed by atoms with van der Waals surface area (Å²) < 4.78 is 1.03. The molecule has 58 valence electrons. The Morgan fingerprint density at radius 3 is 2.70 bits per heavy atom. The summed E-state index contributed by atoms with van der Waals surface area (Å²) in [6.45, 7) is 2.22. The first-order valence-electron chi connectivity index (χ1n) is 3.67. The van der Waals surface area contributed by atoms with E-state index < -0.39 is 0 Å². The molecule has 0 nitrogen and oxygen atoms in total. The van der Waals surface area contributed by atoms with Crippen LogP contribution in [0.4, 0.5) is 0 Å². The van der Waals surface area contributed by atoms with E-state index in [0.717, 1.165) is 2.91 Å². The van der Waals surface area contributed by atoms with Crippen molar-refractivity contribution in [2.45, 2.75) is 32.6 Å². The van der Waals surface area contributed by atoms with Gasteiger partial charge in [0.2, 0.25) is 0 Å². The molecule has 0 spiro atoms. The molecule has 0 rings (SSSR count). The molecule has 0 atom stereocenters. The number of unbranched alkanes of at least 4 members (excludes halogenated alkanes) is 3. The van der Waals surface area contributed by atoms with Gasteiger partial charge in [0, 0.05) is 0 Å². The topological polar surface area (TPSA) is 0 Å². The monoisotopic (exact) mass is 272 g/mol. The number of hydrogen-bond acceptors (Lipinski definition) is 1. The molecular weight excluding hydrogens is 256 g/mol. The maximum absolute atomic E-state index is 4.91. The molecule has 10 heavy (non-hydrogen) atoms. The van der Waals surface area contributed by atoms with Crippen molar-refractivity contribution < 1.29 is 0 Å². The molecule has 0 aliphatic rings. The van der Waals surface area contributed by atoms with E-state index in [0.29, 0.717) is 0 Å². The predicted octanol–water partition coefficient (Wildman–Crippen LogP) is 2.35. The van der Waals surface area contributed by atoms with E-state index in [1.165, 1.54) is 25.7 Å². The number of allylic oxidation sites excluding steroid dienone is 2. The fourth-order valence-electron chi connectivity index (χ4n) is 0.696. The second-order valence-electron chi connectivity index (χ2n) is 2.24. The molecule has 0 aliphatic carbocycles. The summed E-state index contributed by atoms with van der Waals surface area (Å²) >= 11 is 6.53. The van der Waals surface area contributed by atoms with E-state index in [9.17, 15) is 0 Å².